The molecule has 8 nitrogen and oxygen atoms in total. The summed E-state index contributed by atoms with van der Waals surface area (Å²) in [5.74, 6) is -1.70. The van der Waals surface area contributed by atoms with E-state index in [0.29, 0.717) is 23.7 Å². The van der Waals surface area contributed by atoms with Crippen LogP contribution in [0.2, 0.25) is 0 Å². The number of carboxylic acids is 1. The van der Waals surface area contributed by atoms with Gasteiger partial charge in [0.1, 0.15) is 11.6 Å². The number of benzene rings is 1. The zero-order valence-electron chi connectivity index (χ0n) is 17.6. The number of ether oxygens (including phenoxy) is 2. The minimum atomic E-state index is -5.08. The van der Waals surface area contributed by atoms with Crippen molar-refractivity contribution in [1.29, 1.82) is 0 Å². The number of nitrogens with one attached hydrogen (secondary N) is 2. The topological polar surface area (TPSA) is 106 Å². The lowest BCUT2D eigenvalue weighted by Gasteiger charge is -2.48. The van der Waals surface area contributed by atoms with E-state index in [1.807, 2.05) is 0 Å². The van der Waals surface area contributed by atoms with Crippen LogP contribution in [0.15, 0.2) is 12.1 Å². The van der Waals surface area contributed by atoms with E-state index in [1.165, 1.54) is 19.6 Å². The molecule has 1 atom stereocenters. The smallest absolute Gasteiger partial charge is 0.490 e. The Morgan fingerprint density at radius 1 is 1.38 bits per heavy atom. The highest BCUT2D eigenvalue weighted by Crippen LogP contribution is 2.33. The molecule has 4 rings (SSSR count). The van der Waals surface area contributed by atoms with Gasteiger partial charge in [0.15, 0.2) is 11.6 Å². The van der Waals surface area contributed by atoms with Crippen LogP contribution in [0, 0.1) is 12.7 Å². The maximum atomic E-state index is 14.0. The summed E-state index contributed by atoms with van der Waals surface area (Å²) >= 11 is 0. The van der Waals surface area contributed by atoms with Gasteiger partial charge >= 0.3 is 12.1 Å². The predicted molar refractivity (Wildman–Crippen MR) is 107 cm³/mol. The van der Waals surface area contributed by atoms with E-state index < -0.39 is 18.0 Å². The van der Waals surface area contributed by atoms with Gasteiger partial charge in [-0.05, 0) is 32.3 Å². The van der Waals surface area contributed by atoms with Crippen LogP contribution in [-0.2, 0) is 9.53 Å². The van der Waals surface area contributed by atoms with Crippen LogP contribution in [0.25, 0.3) is 10.9 Å². The van der Waals surface area contributed by atoms with Crippen LogP contribution < -0.4 is 15.4 Å². The van der Waals surface area contributed by atoms with Crippen LogP contribution in [0.1, 0.15) is 25.1 Å². The summed E-state index contributed by atoms with van der Waals surface area (Å²) < 4.78 is 57.1. The van der Waals surface area contributed by atoms with Gasteiger partial charge in [-0.2, -0.15) is 13.2 Å². The number of aromatic nitrogens is 2. The third-order valence-corrected chi connectivity index (χ3v) is 5.29. The number of hydrogen-bond donors (Lipinski definition) is 3. The van der Waals surface area contributed by atoms with E-state index in [-0.39, 0.29) is 17.5 Å². The van der Waals surface area contributed by atoms with Gasteiger partial charge in [0.05, 0.1) is 24.3 Å². The Hall–Kier alpha value is -2.73. The van der Waals surface area contributed by atoms with E-state index in [1.54, 1.807) is 13.0 Å². The van der Waals surface area contributed by atoms with Crippen LogP contribution in [0.4, 0.5) is 23.4 Å². The van der Waals surface area contributed by atoms with Crippen molar-refractivity contribution in [3.8, 4) is 5.75 Å². The number of anilines is 1. The molecule has 32 heavy (non-hydrogen) atoms. The molecule has 2 aromatic rings. The number of aliphatic carboxylic acids is 1. The van der Waals surface area contributed by atoms with Crippen molar-refractivity contribution in [3.05, 3.63) is 23.8 Å². The molecule has 12 heteroatoms. The van der Waals surface area contributed by atoms with Gasteiger partial charge in [-0.1, -0.05) is 0 Å². The molecular formula is C20H24F4N4O4. The maximum Gasteiger partial charge on any atom is 0.490 e. The van der Waals surface area contributed by atoms with Crippen LogP contribution in [0.5, 0.6) is 5.75 Å². The van der Waals surface area contributed by atoms with Crippen molar-refractivity contribution in [2.24, 2.45) is 0 Å². The van der Waals surface area contributed by atoms with Gasteiger partial charge in [0.25, 0.3) is 0 Å². The normalized spacial score (nSPS) is 19.6. The van der Waals surface area contributed by atoms with E-state index >= 15 is 0 Å². The number of hydrogen-bond acceptors (Lipinski definition) is 7. The Morgan fingerprint density at radius 3 is 2.62 bits per heavy atom. The summed E-state index contributed by atoms with van der Waals surface area (Å²) in [4.78, 5) is 17.7. The SMILES string of the molecule is COc1cc2c(NCC3CCCC4(CNC4)O3)nc(C)nc2cc1F.O=C(O)C(F)(F)F. The van der Waals surface area contributed by atoms with Gasteiger partial charge in [0.2, 0.25) is 0 Å². The van der Waals surface area contributed by atoms with E-state index in [9.17, 15) is 17.6 Å². The number of aryl methyl sites for hydroxylation is 1. The monoisotopic (exact) mass is 460 g/mol. The lowest BCUT2D eigenvalue weighted by Crippen LogP contribution is -2.64. The van der Waals surface area contributed by atoms with E-state index in [4.69, 9.17) is 19.4 Å². The molecule has 0 aliphatic carbocycles. The van der Waals surface area contributed by atoms with E-state index in [0.717, 1.165) is 31.3 Å². The number of carbonyl (C=O) groups is 1. The number of methoxy groups -OCH3 is 1. The molecule has 1 spiro atoms. The van der Waals surface area contributed by atoms with Crippen LogP contribution in [0.3, 0.4) is 0 Å². The summed E-state index contributed by atoms with van der Waals surface area (Å²) in [5, 5.41) is 14.6. The van der Waals surface area contributed by atoms with Crippen molar-refractivity contribution in [2.45, 2.75) is 44.1 Å². The summed E-state index contributed by atoms with van der Waals surface area (Å²) in [6.07, 6.45) is -1.59. The molecule has 2 fully saturated rings. The molecule has 0 radical (unpaired) electrons. The van der Waals surface area contributed by atoms with E-state index in [2.05, 4.69) is 20.6 Å². The second-order valence-corrected chi connectivity index (χ2v) is 7.73. The number of nitrogens with zero attached hydrogens (tertiary/aromatic N) is 2. The Balaban J connectivity index is 0.000000360. The largest absolute Gasteiger partial charge is 0.494 e. The summed E-state index contributed by atoms with van der Waals surface area (Å²) in [5.41, 5.74) is 0.596. The Labute approximate surface area is 181 Å². The highest BCUT2D eigenvalue weighted by molar-refractivity contribution is 5.90. The fourth-order valence-corrected chi connectivity index (χ4v) is 3.68. The number of fused-ring (bicyclic) bond motifs is 1. The molecule has 0 amide bonds. The average molecular weight is 460 g/mol. The lowest BCUT2D eigenvalue weighted by molar-refractivity contribution is -0.192. The minimum Gasteiger partial charge on any atom is -0.494 e. The minimum absolute atomic E-state index is 0.0284. The first-order chi connectivity index (χ1) is 15.0. The van der Waals surface area contributed by atoms with Gasteiger partial charge in [-0.25, -0.2) is 19.2 Å². The van der Waals surface area contributed by atoms with Crippen molar-refractivity contribution in [1.82, 2.24) is 15.3 Å². The Bertz CT molecular complexity index is 982. The molecule has 0 bridgehead atoms. The first-order valence-electron chi connectivity index (χ1n) is 9.97. The molecule has 1 aromatic heterocycles. The first kappa shape index (κ1) is 23.9. The van der Waals surface area contributed by atoms with Crippen LogP contribution in [-0.4, -0.2) is 65.7 Å². The summed E-state index contributed by atoms with van der Waals surface area (Å²) in [6, 6.07) is 3.03. The maximum absolute atomic E-state index is 14.0. The van der Waals surface area contributed by atoms with Crippen molar-refractivity contribution < 1.29 is 36.9 Å². The second-order valence-electron chi connectivity index (χ2n) is 7.73. The summed E-state index contributed by atoms with van der Waals surface area (Å²) in [6.45, 7) is 4.36. The third-order valence-electron chi connectivity index (χ3n) is 5.29. The highest BCUT2D eigenvalue weighted by atomic mass is 19.4. The van der Waals surface area contributed by atoms with Gasteiger partial charge in [-0.15, -0.1) is 0 Å². The van der Waals surface area contributed by atoms with Crippen molar-refractivity contribution in [2.75, 3.05) is 32.1 Å². The Kier molecular flexibility index (Phi) is 7.03. The van der Waals surface area contributed by atoms with Crippen molar-refractivity contribution in [3.63, 3.8) is 0 Å². The Morgan fingerprint density at radius 2 is 2.06 bits per heavy atom. The molecule has 3 N–H and O–H groups in total. The fourth-order valence-electron chi connectivity index (χ4n) is 3.68. The molecule has 1 aromatic carbocycles. The number of halogens is 4. The molecule has 0 saturated carbocycles. The second kappa shape index (κ2) is 9.41. The lowest BCUT2D eigenvalue weighted by atomic mass is 9.86. The zero-order valence-corrected chi connectivity index (χ0v) is 17.6. The van der Waals surface area contributed by atoms with Gasteiger partial charge in [-0.3, -0.25) is 0 Å². The molecule has 2 aliphatic heterocycles. The third kappa shape index (κ3) is 5.54. The number of rotatable bonds is 4. The standard InChI is InChI=1S/C18H23FN4O2.C2HF3O2/c1-11-22-15-7-14(19)16(24-2)6-13(15)17(23-11)21-8-12-4-3-5-18(25-12)9-20-10-18;3-2(4,5)1(6)7/h6-7,12,20H,3-5,8-10H2,1-2H3,(H,21,22,23);(H,6,7). The fraction of sp³-hybridized carbons (Fsp3) is 0.550. The predicted octanol–water partition coefficient (Wildman–Crippen LogP) is 3.04. The number of alkyl halides is 3. The van der Waals surface area contributed by atoms with Crippen LogP contribution >= 0.6 is 0 Å². The average Bonchev–Trinajstić information content (AvgIpc) is 2.70. The first-order valence-corrected chi connectivity index (χ1v) is 9.97. The highest BCUT2D eigenvalue weighted by Gasteiger charge is 2.42. The zero-order chi connectivity index (χ0) is 23.5. The molecule has 2 saturated heterocycles. The van der Waals surface area contributed by atoms with Gasteiger partial charge in [0, 0.05) is 31.1 Å². The quantitative estimate of drug-likeness (QED) is 0.598. The molecule has 1 unspecified atom stereocenters. The molecule has 3 heterocycles. The molecular weight excluding hydrogens is 436 g/mol. The van der Waals surface area contributed by atoms with Crippen molar-refractivity contribution >= 4 is 22.7 Å². The molecule has 2 aliphatic rings. The van der Waals surface area contributed by atoms with Gasteiger partial charge < -0.3 is 25.2 Å². The number of carboxylic acid groups (broad SMARTS) is 1. The summed E-state index contributed by atoms with van der Waals surface area (Å²) in [7, 11) is 1.45. The molecule has 176 valence electrons.